The number of hydrogen-bond donors (Lipinski definition) is 0. The molecule has 11 aromatic rings. The van der Waals surface area contributed by atoms with Crippen LogP contribution in [-0.2, 0) is 0 Å². The molecule has 0 aliphatic rings. The summed E-state index contributed by atoms with van der Waals surface area (Å²) >= 11 is 0. The summed E-state index contributed by atoms with van der Waals surface area (Å²) in [5, 5.41) is 3.20. The van der Waals surface area contributed by atoms with Crippen LogP contribution in [0.2, 0.25) is 0 Å². The lowest BCUT2D eigenvalue weighted by Gasteiger charge is -2.26. The fraction of sp³-hybridized carbons (Fsp3) is 0. The number of para-hydroxylation sites is 4. The average molecular weight is 733 g/mol. The summed E-state index contributed by atoms with van der Waals surface area (Å²) in [6.07, 6.45) is 1.76. The van der Waals surface area contributed by atoms with Crippen LogP contribution in [0.15, 0.2) is 203 Å². The van der Waals surface area contributed by atoms with Gasteiger partial charge in [0.1, 0.15) is 11.1 Å². The fourth-order valence-corrected chi connectivity index (χ4v) is 7.81. The minimum atomic E-state index is 0.593. The maximum Gasteiger partial charge on any atom is 0.227 e. The number of rotatable bonds is 7. The van der Waals surface area contributed by atoms with Gasteiger partial charge in [-0.2, -0.15) is 0 Å². The molecule has 0 radical (unpaired) electrons. The molecule has 0 spiro atoms. The minimum Gasteiger partial charge on any atom is -0.437 e. The Morgan fingerprint density at radius 2 is 1.02 bits per heavy atom. The van der Waals surface area contributed by atoms with Crippen LogP contribution >= 0.6 is 0 Å². The molecule has 0 aliphatic carbocycles. The smallest absolute Gasteiger partial charge is 0.227 e. The number of oxazole rings is 1. The van der Waals surface area contributed by atoms with Gasteiger partial charge in [0.25, 0.3) is 0 Å². The molecule has 0 fully saturated rings. The second-order valence-corrected chi connectivity index (χ2v) is 14.0. The summed E-state index contributed by atoms with van der Waals surface area (Å²) in [5.41, 5.74) is 14.3. The Hall–Kier alpha value is -7.83. The SMILES string of the molecule is c1ccc(-c2cc(-c3ccc(N(c4ccc(-c5nc6ccccc6o5)cc4)c4ccc(-c5cccc6c5oc5ncccc56)cc4)cc3)nc3ccccc23)cc1. The van der Waals surface area contributed by atoms with Gasteiger partial charge in [-0.15, -0.1) is 0 Å². The average Bonchev–Trinajstić information content (AvgIpc) is 3.90. The molecule has 0 unspecified atom stereocenters. The van der Waals surface area contributed by atoms with Gasteiger partial charge in [0.15, 0.2) is 5.58 Å². The quantitative estimate of drug-likeness (QED) is 0.162. The van der Waals surface area contributed by atoms with Gasteiger partial charge in [0.05, 0.1) is 11.2 Å². The fourth-order valence-electron chi connectivity index (χ4n) is 7.81. The van der Waals surface area contributed by atoms with Crippen LogP contribution in [0.25, 0.3) is 89.0 Å². The van der Waals surface area contributed by atoms with E-state index in [1.807, 2.05) is 42.5 Å². The maximum atomic E-state index is 6.29. The third-order valence-corrected chi connectivity index (χ3v) is 10.6. The van der Waals surface area contributed by atoms with E-state index in [-0.39, 0.29) is 0 Å². The molecule has 0 N–H and O–H groups in total. The lowest BCUT2D eigenvalue weighted by Crippen LogP contribution is -2.09. The van der Waals surface area contributed by atoms with E-state index in [2.05, 4.69) is 155 Å². The molecule has 0 aliphatic heterocycles. The lowest BCUT2D eigenvalue weighted by atomic mass is 9.98. The Morgan fingerprint density at radius 3 is 1.77 bits per heavy atom. The zero-order chi connectivity index (χ0) is 37.7. The Labute approximate surface area is 328 Å². The molecule has 0 saturated carbocycles. The molecule has 0 saturated heterocycles. The Balaban J connectivity index is 0.992. The highest BCUT2D eigenvalue weighted by atomic mass is 16.3. The van der Waals surface area contributed by atoms with Crippen molar-refractivity contribution in [3.05, 3.63) is 194 Å². The molecule has 11 rings (SSSR count). The molecule has 0 amide bonds. The van der Waals surface area contributed by atoms with Crippen molar-refractivity contribution >= 4 is 61.1 Å². The van der Waals surface area contributed by atoms with Gasteiger partial charge in [-0.25, -0.2) is 15.0 Å². The van der Waals surface area contributed by atoms with Crippen molar-refractivity contribution in [2.24, 2.45) is 0 Å². The third-order valence-electron chi connectivity index (χ3n) is 10.6. The number of anilines is 3. The predicted molar refractivity (Wildman–Crippen MR) is 231 cm³/mol. The van der Waals surface area contributed by atoms with Crippen LogP contribution in [0.4, 0.5) is 17.1 Å². The van der Waals surface area contributed by atoms with E-state index in [1.54, 1.807) is 6.20 Å². The maximum absolute atomic E-state index is 6.29. The standard InChI is InChI=1S/C51H32N4O2/c1-2-10-33(11-3-1)44-32-47(53-45-16-5-4-12-41(44)45)35-21-27-38(28-22-35)55(39-29-23-36(24-30-39)50-54-46-17-6-7-18-48(46)56-50)37-25-19-34(20-26-37)40-13-8-14-42-43-15-9-31-52-51(43)57-49(40)42/h1-32H. The molecular formula is C51H32N4O2. The number of nitrogens with zero attached hydrogens (tertiary/aromatic N) is 4. The number of hydrogen-bond acceptors (Lipinski definition) is 6. The van der Waals surface area contributed by atoms with Crippen LogP contribution in [0.3, 0.4) is 0 Å². The topological polar surface area (TPSA) is 68.2 Å². The number of aromatic nitrogens is 3. The molecule has 6 nitrogen and oxygen atoms in total. The third kappa shape index (κ3) is 5.79. The van der Waals surface area contributed by atoms with Crippen LogP contribution in [0.1, 0.15) is 0 Å². The predicted octanol–water partition coefficient (Wildman–Crippen LogP) is 13.8. The Bertz CT molecular complexity index is 3190. The summed E-state index contributed by atoms with van der Waals surface area (Å²) in [6, 6.07) is 64.8. The molecule has 0 atom stereocenters. The van der Waals surface area contributed by atoms with Crippen molar-refractivity contribution in [2.75, 3.05) is 4.90 Å². The lowest BCUT2D eigenvalue weighted by molar-refractivity contribution is 0.620. The largest absolute Gasteiger partial charge is 0.437 e. The van der Waals surface area contributed by atoms with E-state index in [1.165, 1.54) is 0 Å². The first kappa shape index (κ1) is 32.6. The first-order valence-electron chi connectivity index (χ1n) is 18.9. The van der Waals surface area contributed by atoms with E-state index in [0.717, 1.165) is 94.5 Å². The summed E-state index contributed by atoms with van der Waals surface area (Å²) in [7, 11) is 0. The molecular weight excluding hydrogens is 701 g/mol. The van der Waals surface area contributed by atoms with Gasteiger partial charge in [-0.3, -0.25) is 0 Å². The molecule has 7 aromatic carbocycles. The summed E-state index contributed by atoms with van der Waals surface area (Å²) in [4.78, 5) is 16.6. The van der Waals surface area contributed by atoms with Crippen LogP contribution in [0.5, 0.6) is 0 Å². The van der Waals surface area contributed by atoms with Gasteiger partial charge < -0.3 is 13.7 Å². The van der Waals surface area contributed by atoms with Crippen molar-refractivity contribution in [1.82, 2.24) is 15.0 Å². The number of fused-ring (bicyclic) bond motifs is 5. The van der Waals surface area contributed by atoms with Crippen LogP contribution in [-0.4, -0.2) is 15.0 Å². The first-order chi connectivity index (χ1) is 28.2. The summed E-state index contributed by atoms with van der Waals surface area (Å²) in [6.45, 7) is 0. The van der Waals surface area contributed by atoms with Gasteiger partial charge in [0.2, 0.25) is 11.6 Å². The van der Waals surface area contributed by atoms with Crippen molar-refractivity contribution in [1.29, 1.82) is 0 Å². The zero-order valence-electron chi connectivity index (χ0n) is 30.6. The van der Waals surface area contributed by atoms with Gasteiger partial charge in [-0.1, -0.05) is 103 Å². The highest BCUT2D eigenvalue weighted by Gasteiger charge is 2.18. The van der Waals surface area contributed by atoms with E-state index in [0.29, 0.717) is 11.6 Å². The highest BCUT2D eigenvalue weighted by Crippen LogP contribution is 2.40. The number of furan rings is 1. The Kier molecular flexibility index (Phi) is 7.71. The van der Waals surface area contributed by atoms with E-state index in [4.69, 9.17) is 18.8 Å². The minimum absolute atomic E-state index is 0.593. The van der Waals surface area contributed by atoms with Crippen molar-refractivity contribution in [2.45, 2.75) is 0 Å². The number of pyridine rings is 2. The molecule has 4 heterocycles. The van der Waals surface area contributed by atoms with Crippen molar-refractivity contribution in [3.8, 4) is 45.0 Å². The second-order valence-electron chi connectivity index (χ2n) is 14.0. The molecule has 4 aromatic heterocycles. The molecule has 6 heteroatoms. The Morgan fingerprint density at radius 1 is 0.404 bits per heavy atom. The van der Waals surface area contributed by atoms with Gasteiger partial charge >= 0.3 is 0 Å². The van der Waals surface area contributed by atoms with Gasteiger partial charge in [-0.05, 0) is 102 Å². The van der Waals surface area contributed by atoms with E-state index in [9.17, 15) is 0 Å². The zero-order valence-corrected chi connectivity index (χ0v) is 30.6. The normalized spacial score (nSPS) is 11.5. The second kappa shape index (κ2) is 13.5. The monoisotopic (exact) mass is 732 g/mol. The van der Waals surface area contributed by atoms with Crippen molar-refractivity contribution in [3.63, 3.8) is 0 Å². The molecule has 57 heavy (non-hydrogen) atoms. The molecule has 0 bridgehead atoms. The van der Waals surface area contributed by atoms with Crippen molar-refractivity contribution < 1.29 is 8.83 Å². The van der Waals surface area contributed by atoms with Gasteiger partial charge in [0, 0.05) is 56.1 Å². The summed E-state index contributed by atoms with van der Waals surface area (Å²) in [5.74, 6) is 0.593. The van der Waals surface area contributed by atoms with Crippen LogP contribution in [0, 0.1) is 0 Å². The summed E-state index contributed by atoms with van der Waals surface area (Å²) < 4.78 is 12.4. The first-order valence-corrected chi connectivity index (χ1v) is 18.9. The van der Waals surface area contributed by atoms with E-state index < -0.39 is 0 Å². The highest BCUT2D eigenvalue weighted by molar-refractivity contribution is 6.08. The van der Waals surface area contributed by atoms with Crippen LogP contribution < -0.4 is 4.90 Å². The molecule has 268 valence electrons. The van der Waals surface area contributed by atoms with E-state index >= 15 is 0 Å². The number of benzene rings is 7.